The molecule has 1 radical (unpaired) electrons. The monoisotopic (exact) mass is 247 g/mol. The second kappa shape index (κ2) is 3.88. The number of nitrogens with zero attached hydrogens (tertiary/aromatic N) is 2. The van der Waals surface area contributed by atoms with Gasteiger partial charge in [0.1, 0.15) is 6.20 Å². The summed E-state index contributed by atoms with van der Waals surface area (Å²) in [4.78, 5) is 8.32. The van der Waals surface area contributed by atoms with Crippen molar-refractivity contribution >= 4 is 15.9 Å². The molecule has 14 heavy (non-hydrogen) atoms. The Labute approximate surface area is 91.2 Å². The van der Waals surface area contributed by atoms with Gasteiger partial charge < -0.3 is 0 Å². The smallest absolute Gasteiger partial charge is 0.112 e. The average molecular weight is 248 g/mol. The van der Waals surface area contributed by atoms with Crippen LogP contribution in [-0.4, -0.2) is 9.97 Å². The fraction of sp³-hybridized carbons (Fsp3) is 0.0909. The van der Waals surface area contributed by atoms with Gasteiger partial charge in [-0.3, -0.25) is 4.98 Å². The number of aromatic nitrogens is 2. The molecule has 0 fully saturated rings. The molecule has 0 saturated heterocycles. The Hall–Kier alpha value is -1.22. The van der Waals surface area contributed by atoms with E-state index in [0.717, 1.165) is 21.4 Å². The van der Waals surface area contributed by atoms with Crippen LogP contribution in [0.25, 0.3) is 11.3 Å². The summed E-state index contributed by atoms with van der Waals surface area (Å²) in [6, 6.07) is 7.96. The summed E-state index contributed by atoms with van der Waals surface area (Å²) < 4.78 is 1.06. The molecule has 3 heteroatoms. The van der Waals surface area contributed by atoms with Gasteiger partial charge in [0.15, 0.2) is 0 Å². The van der Waals surface area contributed by atoms with E-state index in [-0.39, 0.29) is 0 Å². The van der Waals surface area contributed by atoms with Crippen molar-refractivity contribution in [2.45, 2.75) is 6.92 Å². The summed E-state index contributed by atoms with van der Waals surface area (Å²) in [5.74, 6) is 0. The number of hydrogen-bond donors (Lipinski definition) is 0. The summed E-state index contributed by atoms with van der Waals surface area (Å²) in [6.45, 7) is 1.87. The summed E-state index contributed by atoms with van der Waals surface area (Å²) >= 11 is 3.39. The van der Waals surface area contributed by atoms with Crippen LogP contribution in [0, 0.1) is 13.1 Å². The fourth-order valence-electron chi connectivity index (χ4n) is 1.12. The molecule has 1 aromatic heterocycles. The van der Waals surface area contributed by atoms with Crippen LogP contribution in [0.2, 0.25) is 0 Å². The molecule has 0 amide bonds. The number of halogens is 1. The van der Waals surface area contributed by atoms with E-state index in [4.69, 9.17) is 0 Å². The Balaban J connectivity index is 2.40. The fourth-order valence-corrected chi connectivity index (χ4v) is 1.38. The summed E-state index contributed by atoms with van der Waals surface area (Å²) in [7, 11) is 0. The molecule has 2 rings (SSSR count). The van der Waals surface area contributed by atoms with E-state index in [2.05, 4.69) is 32.1 Å². The van der Waals surface area contributed by atoms with E-state index in [1.807, 2.05) is 31.2 Å². The van der Waals surface area contributed by atoms with Gasteiger partial charge in [-0.05, 0) is 19.1 Å². The maximum atomic E-state index is 4.18. The molecule has 0 N–H and O–H groups in total. The van der Waals surface area contributed by atoms with Gasteiger partial charge in [0.2, 0.25) is 0 Å². The van der Waals surface area contributed by atoms with Gasteiger partial charge in [0.05, 0.1) is 17.6 Å². The van der Waals surface area contributed by atoms with Crippen molar-refractivity contribution < 1.29 is 0 Å². The predicted octanol–water partition coefficient (Wildman–Crippen LogP) is 3.01. The first-order valence-electron chi connectivity index (χ1n) is 4.23. The molecule has 69 valence electrons. The lowest BCUT2D eigenvalue weighted by Crippen LogP contribution is -1.87. The highest BCUT2D eigenvalue weighted by Crippen LogP contribution is 2.18. The van der Waals surface area contributed by atoms with Gasteiger partial charge in [-0.25, -0.2) is 4.98 Å². The molecule has 0 atom stereocenters. The topological polar surface area (TPSA) is 25.8 Å². The first kappa shape index (κ1) is 9.34. The van der Waals surface area contributed by atoms with Crippen LogP contribution < -0.4 is 0 Å². The third-order valence-corrected chi connectivity index (χ3v) is 2.39. The molecule has 0 bridgehead atoms. The van der Waals surface area contributed by atoms with Crippen LogP contribution in [-0.2, 0) is 0 Å². The minimum atomic E-state index is 0.811. The van der Waals surface area contributed by atoms with E-state index in [1.165, 1.54) is 0 Å². The Morgan fingerprint density at radius 2 is 1.93 bits per heavy atom. The Kier molecular flexibility index (Phi) is 2.59. The highest BCUT2D eigenvalue weighted by molar-refractivity contribution is 9.10. The third kappa shape index (κ3) is 1.99. The number of benzene rings is 1. The van der Waals surface area contributed by atoms with E-state index in [1.54, 1.807) is 6.20 Å². The zero-order valence-corrected chi connectivity index (χ0v) is 9.25. The largest absolute Gasteiger partial charge is 0.257 e. The van der Waals surface area contributed by atoms with Crippen molar-refractivity contribution in [2.24, 2.45) is 0 Å². The minimum absolute atomic E-state index is 0.811. The first-order chi connectivity index (χ1) is 6.75. The van der Waals surface area contributed by atoms with Crippen molar-refractivity contribution in [3.8, 4) is 11.3 Å². The van der Waals surface area contributed by atoms with Crippen LogP contribution in [0.1, 0.15) is 5.69 Å². The molecule has 2 aromatic rings. The molecule has 0 saturated carbocycles. The zero-order chi connectivity index (χ0) is 9.97. The summed E-state index contributed by atoms with van der Waals surface area (Å²) in [5, 5.41) is 0. The lowest BCUT2D eigenvalue weighted by Gasteiger charge is -1.99. The van der Waals surface area contributed by atoms with Crippen LogP contribution in [0.4, 0.5) is 0 Å². The molecule has 1 heterocycles. The van der Waals surface area contributed by atoms with Gasteiger partial charge in [0, 0.05) is 10.0 Å². The SMILES string of the molecule is Cc1[c]nc(-c2ccc(Br)cc2)cn1. The lowest BCUT2D eigenvalue weighted by atomic mass is 10.2. The van der Waals surface area contributed by atoms with Gasteiger partial charge in [-0.2, -0.15) is 0 Å². The highest BCUT2D eigenvalue weighted by Gasteiger charge is 1.98. The third-order valence-electron chi connectivity index (χ3n) is 1.86. The number of rotatable bonds is 1. The van der Waals surface area contributed by atoms with Crippen LogP contribution in [0.15, 0.2) is 34.9 Å². The average Bonchev–Trinajstić information content (AvgIpc) is 2.21. The van der Waals surface area contributed by atoms with Gasteiger partial charge in [-0.1, -0.05) is 28.1 Å². The quantitative estimate of drug-likeness (QED) is 0.775. The Bertz CT molecular complexity index is 377. The molecule has 0 spiro atoms. The minimum Gasteiger partial charge on any atom is -0.257 e. The lowest BCUT2D eigenvalue weighted by molar-refractivity contribution is 1.11. The molecule has 2 nitrogen and oxygen atoms in total. The molecule has 0 unspecified atom stereocenters. The van der Waals surface area contributed by atoms with Gasteiger partial charge in [-0.15, -0.1) is 0 Å². The van der Waals surface area contributed by atoms with Crippen LogP contribution >= 0.6 is 15.9 Å². The second-order valence-corrected chi connectivity index (χ2v) is 3.88. The molecule has 0 aliphatic rings. The van der Waals surface area contributed by atoms with Crippen molar-refractivity contribution in [3.63, 3.8) is 0 Å². The number of aryl methyl sites for hydroxylation is 1. The van der Waals surface area contributed by atoms with Crippen molar-refractivity contribution in [3.05, 3.63) is 46.8 Å². The summed E-state index contributed by atoms with van der Waals surface area (Å²) in [6.07, 6.45) is 4.60. The van der Waals surface area contributed by atoms with Crippen molar-refractivity contribution in [2.75, 3.05) is 0 Å². The van der Waals surface area contributed by atoms with Gasteiger partial charge in [0.25, 0.3) is 0 Å². The molecule has 0 aliphatic heterocycles. The van der Waals surface area contributed by atoms with Crippen molar-refractivity contribution in [1.29, 1.82) is 0 Å². The normalized spacial score (nSPS) is 10.1. The van der Waals surface area contributed by atoms with E-state index in [0.29, 0.717) is 0 Å². The van der Waals surface area contributed by atoms with E-state index < -0.39 is 0 Å². The van der Waals surface area contributed by atoms with Crippen LogP contribution in [0.3, 0.4) is 0 Å². The second-order valence-electron chi connectivity index (χ2n) is 2.96. The molecule has 0 aliphatic carbocycles. The Morgan fingerprint density at radius 3 is 2.50 bits per heavy atom. The highest BCUT2D eigenvalue weighted by atomic mass is 79.9. The van der Waals surface area contributed by atoms with Crippen LogP contribution in [0.5, 0.6) is 0 Å². The Morgan fingerprint density at radius 1 is 1.21 bits per heavy atom. The standard InChI is InChI=1S/C11H8BrN2/c1-8-6-14-11(7-13-8)9-2-4-10(12)5-3-9/h2-5,7H,1H3. The molecular weight excluding hydrogens is 240 g/mol. The van der Waals surface area contributed by atoms with Crippen molar-refractivity contribution in [1.82, 2.24) is 9.97 Å². The van der Waals surface area contributed by atoms with Gasteiger partial charge >= 0.3 is 0 Å². The zero-order valence-electron chi connectivity index (χ0n) is 7.66. The number of hydrogen-bond acceptors (Lipinski definition) is 2. The maximum absolute atomic E-state index is 4.18. The first-order valence-corrected chi connectivity index (χ1v) is 5.02. The van der Waals surface area contributed by atoms with E-state index in [9.17, 15) is 0 Å². The maximum Gasteiger partial charge on any atom is 0.112 e. The predicted molar refractivity (Wildman–Crippen MR) is 58.7 cm³/mol. The van der Waals surface area contributed by atoms with E-state index >= 15 is 0 Å². The molecular formula is C11H8BrN2. The summed E-state index contributed by atoms with van der Waals surface area (Å²) in [5.41, 5.74) is 2.71. The molecule has 1 aromatic carbocycles.